The molecular formula is C36H38N6O3. The van der Waals surface area contributed by atoms with Crippen molar-refractivity contribution in [2.75, 3.05) is 37.6 Å². The zero-order valence-corrected chi connectivity index (χ0v) is 25.6. The van der Waals surface area contributed by atoms with Gasteiger partial charge in [0.2, 0.25) is 0 Å². The number of hydrogen-bond acceptors (Lipinski definition) is 7. The van der Waals surface area contributed by atoms with Crippen molar-refractivity contribution >= 4 is 28.9 Å². The third kappa shape index (κ3) is 7.06. The summed E-state index contributed by atoms with van der Waals surface area (Å²) in [6.45, 7) is 1.96. The van der Waals surface area contributed by atoms with E-state index in [2.05, 4.69) is 29.8 Å². The van der Waals surface area contributed by atoms with Crippen LogP contribution in [0.25, 0.3) is 0 Å². The van der Waals surface area contributed by atoms with Gasteiger partial charge in [-0.1, -0.05) is 60.7 Å². The molecule has 230 valence electrons. The average Bonchev–Trinajstić information content (AvgIpc) is 3.43. The Hall–Kier alpha value is -4.99. The number of hydrogen-bond donors (Lipinski definition) is 2. The molecule has 1 atom stereocenters. The van der Waals surface area contributed by atoms with Gasteiger partial charge in [0.1, 0.15) is 12.4 Å². The summed E-state index contributed by atoms with van der Waals surface area (Å²) < 4.78 is 5.90. The van der Waals surface area contributed by atoms with E-state index in [9.17, 15) is 9.59 Å². The minimum Gasteiger partial charge on any atom is -0.489 e. The molecule has 1 fully saturated rings. The molecule has 0 radical (unpaired) electrons. The molecule has 0 aromatic heterocycles. The number of carbonyl (C=O) groups excluding carboxylic acids is 2. The molecule has 1 saturated heterocycles. The highest BCUT2D eigenvalue weighted by Crippen LogP contribution is 2.25. The quantitative estimate of drug-likeness (QED) is 0.244. The Morgan fingerprint density at radius 2 is 1.51 bits per heavy atom. The molecule has 0 spiro atoms. The Labute approximate surface area is 264 Å². The fraction of sp³-hybridized carbons (Fsp3) is 0.250. The molecule has 4 aromatic rings. The molecule has 0 aliphatic carbocycles. The Morgan fingerprint density at radius 1 is 0.867 bits per heavy atom. The predicted molar refractivity (Wildman–Crippen MR) is 177 cm³/mol. The summed E-state index contributed by atoms with van der Waals surface area (Å²) in [6.07, 6.45) is 1.93. The Kier molecular flexibility index (Phi) is 9.19. The lowest BCUT2D eigenvalue weighted by molar-refractivity contribution is -0.118. The normalized spacial score (nSPS) is 17.0. The summed E-state index contributed by atoms with van der Waals surface area (Å²) in [5.74, 6) is 0.535. The van der Waals surface area contributed by atoms with Crippen molar-refractivity contribution in [2.45, 2.75) is 31.5 Å². The Morgan fingerprint density at radius 3 is 2.16 bits per heavy atom. The van der Waals surface area contributed by atoms with Crippen LogP contribution in [0.5, 0.6) is 5.75 Å². The molecule has 2 aliphatic rings. The van der Waals surface area contributed by atoms with Crippen LogP contribution in [0.2, 0.25) is 0 Å². The SMILES string of the molecule is CN(C)C1CCN(C(=O)c2ccc(N3N=C(c4ccccc4)C(NNc4ccc(OCc5ccccc5)cc4)C3=O)cc2)CC1. The van der Waals surface area contributed by atoms with Crippen LogP contribution >= 0.6 is 0 Å². The van der Waals surface area contributed by atoms with Crippen LogP contribution in [0, 0.1) is 0 Å². The van der Waals surface area contributed by atoms with Gasteiger partial charge in [-0.05, 0) is 81.0 Å². The number of anilines is 2. The number of likely N-dealkylation sites (tertiary alicyclic amines) is 1. The summed E-state index contributed by atoms with van der Waals surface area (Å²) in [5.41, 5.74) is 10.9. The first-order valence-corrected chi connectivity index (χ1v) is 15.3. The Balaban J connectivity index is 1.12. The number of rotatable bonds is 10. The molecule has 9 heteroatoms. The van der Waals surface area contributed by atoms with Crippen molar-refractivity contribution in [1.29, 1.82) is 0 Å². The van der Waals surface area contributed by atoms with E-state index in [0.717, 1.165) is 48.5 Å². The molecule has 6 rings (SSSR count). The second kappa shape index (κ2) is 13.8. The van der Waals surface area contributed by atoms with Crippen molar-refractivity contribution in [3.05, 3.63) is 126 Å². The number of ether oxygens (including phenoxy) is 1. The van der Waals surface area contributed by atoms with Gasteiger partial charge < -0.3 is 20.0 Å². The van der Waals surface area contributed by atoms with Crippen molar-refractivity contribution in [1.82, 2.24) is 15.2 Å². The minimum absolute atomic E-state index is 0.0141. The number of amides is 2. The first-order valence-electron chi connectivity index (χ1n) is 15.3. The summed E-state index contributed by atoms with van der Waals surface area (Å²) in [6, 6.07) is 34.1. The first-order chi connectivity index (χ1) is 22.0. The molecule has 0 bridgehead atoms. The number of nitrogens with one attached hydrogen (secondary N) is 2. The standard InChI is InChI=1S/C36H38N6O3/c1-40(2)30-21-23-41(24-22-30)35(43)28-13-17-31(18-14-28)42-36(44)34(33(39-42)27-11-7-4-8-12-27)38-37-29-15-19-32(20-16-29)45-25-26-9-5-3-6-10-26/h3-20,30,34,37-38H,21-25H2,1-2H3. The lowest BCUT2D eigenvalue weighted by Gasteiger charge is -2.35. The van der Waals surface area contributed by atoms with Crippen LogP contribution in [0.1, 0.15) is 34.3 Å². The van der Waals surface area contributed by atoms with Gasteiger partial charge in [-0.25, -0.2) is 5.43 Å². The van der Waals surface area contributed by atoms with Crippen molar-refractivity contribution in [3.8, 4) is 5.75 Å². The maximum atomic E-state index is 13.7. The second-order valence-corrected chi connectivity index (χ2v) is 11.5. The van der Waals surface area contributed by atoms with E-state index >= 15 is 0 Å². The lowest BCUT2D eigenvalue weighted by atomic mass is 10.0. The highest BCUT2D eigenvalue weighted by molar-refractivity contribution is 6.24. The van der Waals surface area contributed by atoms with Gasteiger partial charge in [0, 0.05) is 35.9 Å². The third-order valence-corrected chi connectivity index (χ3v) is 8.31. The molecule has 9 nitrogen and oxygen atoms in total. The average molecular weight is 603 g/mol. The smallest absolute Gasteiger partial charge is 0.272 e. The topological polar surface area (TPSA) is 89.5 Å². The van der Waals surface area contributed by atoms with E-state index < -0.39 is 6.04 Å². The number of piperidine rings is 1. The van der Waals surface area contributed by atoms with Crippen LogP contribution in [-0.2, 0) is 11.4 Å². The van der Waals surface area contributed by atoms with Crippen molar-refractivity contribution in [3.63, 3.8) is 0 Å². The van der Waals surface area contributed by atoms with E-state index in [1.165, 1.54) is 5.01 Å². The van der Waals surface area contributed by atoms with Gasteiger partial charge in [0.15, 0.2) is 6.04 Å². The number of carbonyl (C=O) groups is 2. The van der Waals surface area contributed by atoms with Crippen molar-refractivity contribution < 1.29 is 14.3 Å². The molecule has 2 N–H and O–H groups in total. The first kappa shape index (κ1) is 30.1. The molecular weight excluding hydrogens is 564 g/mol. The van der Waals surface area contributed by atoms with E-state index in [4.69, 9.17) is 9.84 Å². The van der Waals surface area contributed by atoms with E-state index in [-0.39, 0.29) is 11.8 Å². The molecule has 45 heavy (non-hydrogen) atoms. The summed E-state index contributed by atoms with van der Waals surface area (Å²) >= 11 is 0. The van der Waals surface area contributed by atoms with Crippen LogP contribution < -0.4 is 20.6 Å². The Bertz CT molecular complexity index is 1620. The maximum Gasteiger partial charge on any atom is 0.272 e. The van der Waals surface area contributed by atoms with Crippen LogP contribution in [0.15, 0.2) is 114 Å². The van der Waals surface area contributed by atoms with Gasteiger partial charge in [0.05, 0.1) is 11.4 Å². The zero-order valence-electron chi connectivity index (χ0n) is 25.6. The van der Waals surface area contributed by atoms with E-state index in [0.29, 0.717) is 29.6 Å². The van der Waals surface area contributed by atoms with Crippen LogP contribution in [0.3, 0.4) is 0 Å². The number of benzene rings is 4. The largest absolute Gasteiger partial charge is 0.489 e. The molecule has 4 aromatic carbocycles. The highest BCUT2D eigenvalue weighted by atomic mass is 16.5. The van der Waals surface area contributed by atoms with Crippen LogP contribution in [0.4, 0.5) is 11.4 Å². The summed E-state index contributed by atoms with van der Waals surface area (Å²) in [4.78, 5) is 31.1. The summed E-state index contributed by atoms with van der Waals surface area (Å²) in [5, 5.41) is 6.14. The molecule has 2 heterocycles. The van der Waals surface area contributed by atoms with E-state index in [1.54, 1.807) is 24.3 Å². The third-order valence-electron chi connectivity index (χ3n) is 8.31. The zero-order chi connectivity index (χ0) is 31.2. The lowest BCUT2D eigenvalue weighted by Crippen LogP contribution is -2.46. The highest BCUT2D eigenvalue weighted by Gasteiger charge is 2.37. The molecule has 2 amide bonds. The number of hydrazone groups is 1. The number of hydrazine groups is 1. The maximum absolute atomic E-state index is 13.7. The van der Waals surface area contributed by atoms with Gasteiger partial charge in [-0.15, -0.1) is 0 Å². The monoisotopic (exact) mass is 602 g/mol. The fourth-order valence-corrected chi connectivity index (χ4v) is 5.65. The predicted octanol–water partition coefficient (Wildman–Crippen LogP) is 5.17. The molecule has 2 aliphatic heterocycles. The van der Waals surface area contributed by atoms with E-state index in [1.807, 2.05) is 89.8 Å². The fourth-order valence-electron chi connectivity index (χ4n) is 5.65. The molecule has 1 unspecified atom stereocenters. The van der Waals surface area contributed by atoms with Gasteiger partial charge in [0.25, 0.3) is 11.8 Å². The number of nitrogens with zero attached hydrogens (tertiary/aromatic N) is 4. The van der Waals surface area contributed by atoms with Crippen molar-refractivity contribution in [2.24, 2.45) is 5.10 Å². The second-order valence-electron chi connectivity index (χ2n) is 11.5. The van der Waals surface area contributed by atoms with Gasteiger partial charge >= 0.3 is 0 Å². The molecule has 0 saturated carbocycles. The van der Waals surface area contributed by atoms with Crippen LogP contribution in [-0.4, -0.2) is 66.6 Å². The minimum atomic E-state index is -0.735. The van der Waals surface area contributed by atoms with Gasteiger partial charge in [-0.3, -0.25) is 9.59 Å². The van der Waals surface area contributed by atoms with Gasteiger partial charge in [-0.2, -0.15) is 10.1 Å². The summed E-state index contributed by atoms with van der Waals surface area (Å²) in [7, 11) is 4.17.